The molecular weight excluding hydrogens is 180 g/mol. The molecule has 4 heteroatoms. The number of nitrogens with one attached hydrogen (secondary N) is 1. The fourth-order valence-corrected chi connectivity index (χ4v) is 1.47. The fraction of sp³-hybridized carbons (Fsp3) is 0.600. The second-order valence-electron chi connectivity index (χ2n) is 3.44. The molecule has 1 unspecified atom stereocenters. The van der Waals surface area contributed by atoms with Gasteiger partial charge in [0.05, 0.1) is 12.5 Å². The molecule has 0 saturated carbocycles. The van der Waals surface area contributed by atoms with Crippen LogP contribution in [0.2, 0.25) is 0 Å². The smallest absolute Gasteiger partial charge is 0.228 e. The van der Waals surface area contributed by atoms with Gasteiger partial charge in [0.1, 0.15) is 0 Å². The highest BCUT2D eigenvalue weighted by molar-refractivity contribution is 5.83. The summed E-state index contributed by atoms with van der Waals surface area (Å²) in [5, 5.41) is 2.67. The summed E-state index contributed by atoms with van der Waals surface area (Å²) < 4.78 is 0. The maximum absolute atomic E-state index is 11.7. The van der Waals surface area contributed by atoms with E-state index in [4.69, 9.17) is 6.42 Å². The fourth-order valence-electron chi connectivity index (χ4n) is 1.47. The number of nitrogens with zero attached hydrogens (tertiary/aromatic N) is 1. The molecule has 14 heavy (non-hydrogen) atoms. The quantitative estimate of drug-likeness (QED) is 0.608. The van der Waals surface area contributed by atoms with Crippen molar-refractivity contribution in [2.24, 2.45) is 5.92 Å². The highest BCUT2D eigenvalue weighted by atomic mass is 16.2. The van der Waals surface area contributed by atoms with Crippen LogP contribution in [0.1, 0.15) is 12.8 Å². The normalized spacial score (nSPS) is 20.9. The second-order valence-corrected chi connectivity index (χ2v) is 3.44. The molecule has 1 rings (SSSR count). The Bertz CT molecular complexity index is 270. The van der Waals surface area contributed by atoms with Crippen molar-refractivity contribution in [3.8, 4) is 12.3 Å². The summed E-state index contributed by atoms with van der Waals surface area (Å²) in [6, 6.07) is 0. The van der Waals surface area contributed by atoms with Crippen LogP contribution in [-0.4, -0.2) is 36.9 Å². The minimum atomic E-state index is -0.106. The van der Waals surface area contributed by atoms with Gasteiger partial charge < -0.3 is 10.2 Å². The molecule has 2 amide bonds. The third kappa shape index (κ3) is 2.49. The Kier molecular flexibility index (Phi) is 3.52. The predicted molar refractivity (Wildman–Crippen MR) is 52.2 cm³/mol. The summed E-state index contributed by atoms with van der Waals surface area (Å²) in [4.78, 5) is 24.0. The number of carbonyl (C=O) groups is 2. The van der Waals surface area contributed by atoms with Crippen molar-refractivity contribution in [2.75, 3.05) is 20.1 Å². The average Bonchev–Trinajstić information content (AvgIpc) is 2.18. The Morgan fingerprint density at radius 1 is 1.79 bits per heavy atom. The maximum Gasteiger partial charge on any atom is 0.228 e. The van der Waals surface area contributed by atoms with Crippen LogP contribution < -0.4 is 5.32 Å². The number of terminal acetylenes is 1. The van der Waals surface area contributed by atoms with Crippen molar-refractivity contribution in [1.29, 1.82) is 0 Å². The first-order valence-corrected chi connectivity index (χ1v) is 4.60. The molecule has 0 radical (unpaired) electrons. The van der Waals surface area contributed by atoms with Gasteiger partial charge in [0.25, 0.3) is 0 Å². The zero-order valence-electron chi connectivity index (χ0n) is 8.25. The topological polar surface area (TPSA) is 49.4 Å². The zero-order valence-corrected chi connectivity index (χ0v) is 8.25. The Morgan fingerprint density at radius 3 is 3.00 bits per heavy atom. The van der Waals surface area contributed by atoms with Crippen molar-refractivity contribution in [3.05, 3.63) is 0 Å². The lowest BCUT2D eigenvalue weighted by molar-refractivity contribution is -0.135. The summed E-state index contributed by atoms with van der Waals surface area (Å²) >= 11 is 0. The predicted octanol–water partition coefficient (Wildman–Crippen LogP) is -0.396. The molecule has 0 aliphatic carbocycles. The number of piperidine rings is 1. The van der Waals surface area contributed by atoms with Gasteiger partial charge >= 0.3 is 0 Å². The van der Waals surface area contributed by atoms with E-state index in [-0.39, 0.29) is 17.7 Å². The van der Waals surface area contributed by atoms with E-state index in [1.165, 1.54) is 4.90 Å². The SMILES string of the molecule is C#CCN(C)C(=O)C1CCC(=O)NC1. The molecule has 1 heterocycles. The molecule has 0 aromatic rings. The Labute approximate surface area is 83.6 Å². The Hall–Kier alpha value is -1.50. The maximum atomic E-state index is 11.7. The van der Waals surface area contributed by atoms with Crippen LogP contribution >= 0.6 is 0 Å². The van der Waals surface area contributed by atoms with E-state index in [1.807, 2.05) is 0 Å². The van der Waals surface area contributed by atoms with E-state index in [9.17, 15) is 9.59 Å². The summed E-state index contributed by atoms with van der Waals surface area (Å²) in [5.41, 5.74) is 0. The van der Waals surface area contributed by atoms with Crippen molar-refractivity contribution in [3.63, 3.8) is 0 Å². The van der Waals surface area contributed by atoms with Crippen LogP contribution in [0.15, 0.2) is 0 Å². The van der Waals surface area contributed by atoms with Gasteiger partial charge in [-0.3, -0.25) is 9.59 Å². The lowest BCUT2D eigenvalue weighted by Crippen LogP contribution is -2.43. The largest absolute Gasteiger partial charge is 0.355 e. The molecule has 1 fully saturated rings. The Morgan fingerprint density at radius 2 is 2.50 bits per heavy atom. The standard InChI is InChI=1S/C10H14N2O2/c1-3-6-12(2)10(14)8-4-5-9(13)11-7-8/h1,8H,4-7H2,2H3,(H,11,13). The lowest BCUT2D eigenvalue weighted by atomic mass is 9.98. The third-order valence-corrected chi connectivity index (χ3v) is 2.32. The molecular formula is C10H14N2O2. The highest BCUT2D eigenvalue weighted by Crippen LogP contribution is 2.12. The molecule has 1 saturated heterocycles. The van der Waals surface area contributed by atoms with Gasteiger partial charge in [0, 0.05) is 20.0 Å². The molecule has 0 spiro atoms. The van der Waals surface area contributed by atoms with Crippen LogP contribution in [-0.2, 0) is 9.59 Å². The zero-order chi connectivity index (χ0) is 10.6. The summed E-state index contributed by atoms with van der Waals surface area (Å²) in [6.45, 7) is 0.760. The van der Waals surface area contributed by atoms with E-state index in [2.05, 4.69) is 11.2 Å². The van der Waals surface area contributed by atoms with Gasteiger partial charge in [-0.15, -0.1) is 6.42 Å². The van der Waals surface area contributed by atoms with Crippen molar-refractivity contribution in [1.82, 2.24) is 10.2 Å². The minimum absolute atomic E-state index is 0.0166. The third-order valence-electron chi connectivity index (χ3n) is 2.32. The molecule has 0 aromatic carbocycles. The van der Waals surface area contributed by atoms with Gasteiger partial charge in [-0.25, -0.2) is 0 Å². The van der Waals surface area contributed by atoms with E-state index in [0.29, 0.717) is 25.9 Å². The van der Waals surface area contributed by atoms with Crippen LogP contribution in [0.4, 0.5) is 0 Å². The van der Waals surface area contributed by atoms with Crippen molar-refractivity contribution < 1.29 is 9.59 Å². The first-order valence-electron chi connectivity index (χ1n) is 4.60. The van der Waals surface area contributed by atoms with E-state index in [0.717, 1.165) is 0 Å². The van der Waals surface area contributed by atoms with Crippen LogP contribution in [0.25, 0.3) is 0 Å². The van der Waals surface area contributed by atoms with Gasteiger partial charge in [0.2, 0.25) is 11.8 Å². The molecule has 1 N–H and O–H groups in total. The van der Waals surface area contributed by atoms with Crippen LogP contribution in [0.5, 0.6) is 0 Å². The summed E-state index contributed by atoms with van der Waals surface area (Å²) in [7, 11) is 1.68. The van der Waals surface area contributed by atoms with Gasteiger partial charge in [-0.1, -0.05) is 5.92 Å². The molecule has 76 valence electrons. The van der Waals surface area contributed by atoms with Crippen LogP contribution in [0.3, 0.4) is 0 Å². The van der Waals surface area contributed by atoms with Gasteiger partial charge in [-0.05, 0) is 6.42 Å². The number of carbonyl (C=O) groups excluding carboxylic acids is 2. The van der Waals surface area contributed by atoms with Crippen molar-refractivity contribution in [2.45, 2.75) is 12.8 Å². The van der Waals surface area contributed by atoms with Crippen molar-refractivity contribution >= 4 is 11.8 Å². The average molecular weight is 194 g/mol. The van der Waals surface area contributed by atoms with Crippen LogP contribution in [0, 0.1) is 18.3 Å². The summed E-state index contributed by atoms with van der Waals surface area (Å²) in [6.07, 6.45) is 6.16. The highest BCUT2D eigenvalue weighted by Gasteiger charge is 2.26. The van der Waals surface area contributed by atoms with E-state index >= 15 is 0 Å². The molecule has 4 nitrogen and oxygen atoms in total. The Balaban J connectivity index is 2.45. The van der Waals surface area contributed by atoms with Gasteiger partial charge in [0.15, 0.2) is 0 Å². The molecule has 0 aromatic heterocycles. The molecule has 0 bridgehead atoms. The lowest BCUT2D eigenvalue weighted by Gasteiger charge is -2.25. The molecule has 1 aliphatic heterocycles. The monoisotopic (exact) mass is 194 g/mol. The summed E-state index contributed by atoms with van der Waals surface area (Å²) in [5.74, 6) is 2.35. The second kappa shape index (κ2) is 4.66. The molecule has 1 atom stereocenters. The van der Waals surface area contributed by atoms with Gasteiger partial charge in [-0.2, -0.15) is 0 Å². The molecule has 1 aliphatic rings. The number of hydrogen-bond donors (Lipinski definition) is 1. The number of amides is 2. The first-order chi connectivity index (χ1) is 6.65. The van der Waals surface area contributed by atoms with E-state index < -0.39 is 0 Å². The number of rotatable bonds is 2. The minimum Gasteiger partial charge on any atom is -0.355 e. The number of hydrogen-bond acceptors (Lipinski definition) is 2. The van der Waals surface area contributed by atoms with E-state index in [1.54, 1.807) is 7.05 Å². The first kappa shape index (κ1) is 10.6.